The van der Waals surface area contributed by atoms with Crippen LogP contribution >= 0.6 is 0 Å². The van der Waals surface area contributed by atoms with E-state index >= 15 is 0 Å². The van der Waals surface area contributed by atoms with Crippen LogP contribution in [0.2, 0.25) is 0 Å². The van der Waals surface area contributed by atoms with Gasteiger partial charge in [-0.2, -0.15) is 0 Å². The van der Waals surface area contributed by atoms with Crippen molar-refractivity contribution >= 4 is 0 Å². The van der Waals surface area contributed by atoms with Crippen molar-refractivity contribution in [2.75, 3.05) is 6.54 Å². The molecule has 5 nitrogen and oxygen atoms in total. The van der Waals surface area contributed by atoms with Crippen LogP contribution in [0.5, 0.6) is 0 Å². The average Bonchev–Trinajstić information content (AvgIpc) is 2.87. The molecule has 94 valence electrons. The van der Waals surface area contributed by atoms with Crippen LogP contribution in [0.15, 0.2) is 30.6 Å². The zero-order valence-electron chi connectivity index (χ0n) is 10.3. The number of benzene rings is 1. The number of nitrogens with two attached hydrogens (primary N) is 1. The fourth-order valence-electron chi connectivity index (χ4n) is 2.40. The first-order chi connectivity index (χ1) is 8.86. The predicted molar refractivity (Wildman–Crippen MR) is 68.5 cm³/mol. The quantitative estimate of drug-likeness (QED) is 0.864. The highest BCUT2D eigenvalue weighted by atomic mass is 15.3. The van der Waals surface area contributed by atoms with Crippen molar-refractivity contribution < 1.29 is 0 Å². The summed E-state index contributed by atoms with van der Waals surface area (Å²) in [6, 6.07) is 8.36. The largest absolute Gasteiger partial charge is 0.326 e. The van der Waals surface area contributed by atoms with Crippen LogP contribution in [0.25, 0.3) is 0 Å². The molecule has 0 unspecified atom stereocenters. The molecule has 0 atom stereocenters. The number of hydrogen-bond acceptors (Lipinski definition) is 4. The molecule has 1 aliphatic heterocycles. The van der Waals surface area contributed by atoms with E-state index in [0.29, 0.717) is 6.54 Å². The van der Waals surface area contributed by atoms with Gasteiger partial charge in [0.1, 0.15) is 12.2 Å². The van der Waals surface area contributed by atoms with Gasteiger partial charge >= 0.3 is 0 Å². The maximum Gasteiger partial charge on any atom is 0.147 e. The minimum atomic E-state index is 0.597. The number of aromatic nitrogens is 3. The lowest BCUT2D eigenvalue weighted by molar-refractivity contribution is 0.208. The lowest BCUT2D eigenvalue weighted by atomic mass is 10.1. The molecule has 1 aromatic heterocycles. The molecule has 0 amide bonds. The Morgan fingerprint density at radius 1 is 1.17 bits per heavy atom. The van der Waals surface area contributed by atoms with E-state index in [4.69, 9.17) is 5.73 Å². The van der Waals surface area contributed by atoms with E-state index in [-0.39, 0.29) is 0 Å². The van der Waals surface area contributed by atoms with Gasteiger partial charge in [0.15, 0.2) is 0 Å². The van der Waals surface area contributed by atoms with E-state index in [9.17, 15) is 0 Å². The molecule has 5 heteroatoms. The molecular weight excluding hydrogens is 226 g/mol. The first kappa shape index (κ1) is 11.4. The van der Waals surface area contributed by atoms with E-state index in [1.807, 2.05) is 6.07 Å². The molecule has 2 heterocycles. The van der Waals surface area contributed by atoms with Gasteiger partial charge in [-0.05, 0) is 11.1 Å². The Hall–Kier alpha value is -1.72. The van der Waals surface area contributed by atoms with Gasteiger partial charge in [-0.15, -0.1) is 10.2 Å². The lowest BCUT2D eigenvalue weighted by Crippen LogP contribution is -2.33. The number of nitrogens with zero attached hydrogens (tertiary/aromatic N) is 4. The highest BCUT2D eigenvalue weighted by Crippen LogP contribution is 2.15. The Morgan fingerprint density at radius 3 is 2.83 bits per heavy atom. The van der Waals surface area contributed by atoms with Crippen LogP contribution in [-0.2, 0) is 26.2 Å². The van der Waals surface area contributed by atoms with Crippen LogP contribution < -0.4 is 5.73 Å². The van der Waals surface area contributed by atoms with Crippen molar-refractivity contribution in [1.82, 2.24) is 19.7 Å². The Labute approximate surface area is 106 Å². The molecule has 0 bridgehead atoms. The Morgan fingerprint density at radius 2 is 2.00 bits per heavy atom. The van der Waals surface area contributed by atoms with Crippen molar-refractivity contribution in [3.8, 4) is 0 Å². The van der Waals surface area contributed by atoms with Gasteiger partial charge in [0.25, 0.3) is 0 Å². The molecule has 0 aliphatic carbocycles. The van der Waals surface area contributed by atoms with Gasteiger partial charge in [-0.3, -0.25) is 4.90 Å². The highest BCUT2D eigenvalue weighted by Gasteiger charge is 2.17. The fourth-order valence-corrected chi connectivity index (χ4v) is 2.40. The summed E-state index contributed by atoms with van der Waals surface area (Å²) < 4.78 is 2.12. The molecule has 2 aromatic rings. The van der Waals surface area contributed by atoms with Crippen molar-refractivity contribution in [2.45, 2.75) is 26.2 Å². The summed E-state index contributed by atoms with van der Waals surface area (Å²) in [7, 11) is 0. The summed E-state index contributed by atoms with van der Waals surface area (Å²) >= 11 is 0. The summed E-state index contributed by atoms with van der Waals surface area (Å²) in [6.45, 7) is 4.39. The second-order valence-electron chi connectivity index (χ2n) is 4.62. The van der Waals surface area contributed by atoms with E-state index in [0.717, 1.165) is 32.0 Å². The van der Waals surface area contributed by atoms with Gasteiger partial charge < -0.3 is 10.3 Å². The van der Waals surface area contributed by atoms with Crippen LogP contribution in [0.4, 0.5) is 0 Å². The topological polar surface area (TPSA) is 60.0 Å². The fraction of sp³-hybridized carbons (Fsp3) is 0.385. The van der Waals surface area contributed by atoms with Crippen LogP contribution in [0, 0.1) is 0 Å². The second-order valence-corrected chi connectivity index (χ2v) is 4.62. The number of fused-ring (bicyclic) bond motifs is 1. The number of hydrogen-bond donors (Lipinski definition) is 1. The van der Waals surface area contributed by atoms with Crippen LogP contribution in [-0.4, -0.2) is 26.2 Å². The molecule has 0 fully saturated rings. The third kappa shape index (κ3) is 2.14. The molecule has 0 spiro atoms. The Bertz CT molecular complexity index is 534. The highest BCUT2D eigenvalue weighted by molar-refractivity contribution is 5.26. The summed E-state index contributed by atoms with van der Waals surface area (Å²) in [5.74, 6) is 1.05. The molecular formula is C13H17N5. The van der Waals surface area contributed by atoms with Crippen molar-refractivity contribution in [3.05, 3.63) is 47.5 Å². The summed E-state index contributed by atoms with van der Waals surface area (Å²) in [5.41, 5.74) is 8.31. The van der Waals surface area contributed by atoms with E-state index in [1.54, 1.807) is 6.33 Å². The van der Waals surface area contributed by atoms with Gasteiger partial charge in [-0.1, -0.05) is 24.3 Å². The zero-order chi connectivity index (χ0) is 12.4. The molecule has 1 aromatic carbocycles. The zero-order valence-corrected chi connectivity index (χ0v) is 10.3. The Balaban J connectivity index is 1.74. The summed E-state index contributed by atoms with van der Waals surface area (Å²) in [4.78, 5) is 2.39. The van der Waals surface area contributed by atoms with Gasteiger partial charge in [-0.25, -0.2) is 0 Å². The van der Waals surface area contributed by atoms with Gasteiger partial charge in [0.05, 0.1) is 6.54 Å². The maximum absolute atomic E-state index is 5.77. The van der Waals surface area contributed by atoms with E-state index in [2.05, 4.69) is 37.9 Å². The Kier molecular flexibility index (Phi) is 3.08. The van der Waals surface area contributed by atoms with Crippen LogP contribution in [0.3, 0.4) is 0 Å². The van der Waals surface area contributed by atoms with Crippen LogP contribution in [0.1, 0.15) is 17.0 Å². The third-order valence-corrected chi connectivity index (χ3v) is 3.45. The van der Waals surface area contributed by atoms with E-state index in [1.165, 1.54) is 11.1 Å². The average molecular weight is 243 g/mol. The van der Waals surface area contributed by atoms with Gasteiger partial charge in [0.2, 0.25) is 0 Å². The minimum Gasteiger partial charge on any atom is -0.326 e. The number of rotatable bonds is 3. The smallest absolute Gasteiger partial charge is 0.147 e. The molecule has 18 heavy (non-hydrogen) atoms. The van der Waals surface area contributed by atoms with E-state index < -0.39 is 0 Å². The predicted octanol–water partition coefficient (Wildman–Crippen LogP) is 0.753. The SMILES string of the molecule is NCc1ccccc1CN1CCn2cnnc2C1. The van der Waals surface area contributed by atoms with Crippen molar-refractivity contribution in [2.24, 2.45) is 5.73 Å². The lowest BCUT2D eigenvalue weighted by Gasteiger charge is -2.27. The van der Waals surface area contributed by atoms with Gasteiger partial charge in [0, 0.05) is 26.2 Å². The van der Waals surface area contributed by atoms with Crippen molar-refractivity contribution in [3.63, 3.8) is 0 Å². The minimum absolute atomic E-state index is 0.597. The second kappa shape index (κ2) is 4.88. The molecule has 1 aliphatic rings. The molecule has 2 N–H and O–H groups in total. The molecule has 0 saturated heterocycles. The third-order valence-electron chi connectivity index (χ3n) is 3.45. The standard InChI is InChI=1S/C13H17N5/c14-7-11-3-1-2-4-12(11)8-17-5-6-18-10-15-16-13(18)9-17/h1-4,10H,5-9,14H2. The monoisotopic (exact) mass is 243 g/mol. The molecule has 0 saturated carbocycles. The summed E-state index contributed by atoms with van der Waals surface area (Å²) in [5, 5.41) is 8.08. The first-order valence-electron chi connectivity index (χ1n) is 6.22. The molecule has 0 radical (unpaired) electrons. The maximum atomic E-state index is 5.77. The van der Waals surface area contributed by atoms with Crippen molar-refractivity contribution in [1.29, 1.82) is 0 Å². The summed E-state index contributed by atoms with van der Waals surface area (Å²) in [6.07, 6.45) is 1.81. The first-order valence-corrected chi connectivity index (χ1v) is 6.22. The molecule has 3 rings (SSSR count). The normalized spacial score (nSPS) is 15.6.